The topological polar surface area (TPSA) is 103 Å². The summed E-state index contributed by atoms with van der Waals surface area (Å²) < 4.78 is 1.10. The molecule has 2 aromatic heterocycles. The fourth-order valence-electron chi connectivity index (χ4n) is 3.50. The van der Waals surface area contributed by atoms with Crippen molar-refractivity contribution in [2.45, 2.75) is 63.8 Å². The molecule has 4 rings (SSSR count). The Labute approximate surface area is 186 Å². The van der Waals surface area contributed by atoms with Crippen LogP contribution in [0.1, 0.15) is 50.8 Å². The monoisotopic (exact) mass is 437 g/mol. The number of aliphatic hydroxyl groups excluding tert-OH is 1. The first-order valence-electron chi connectivity index (χ1n) is 10.5. The SMILES string of the molecule is CC(C)(O)C#Cc1cncc(NCc2ccc3nc(NC4CCCC[C@H]4O)sc3c2)n1. The van der Waals surface area contributed by atoms with Crippen molar-refractivity contribution in [3.05, 3.63) is 41.9 Å². The minimum Gasteiger partial charge on any atom is -0.391 e. The van der Waals surface area contributed by atoms with Crippen LogP contribution in [-0.4, -0.2) is 42.9 Å². The van der Waals surface area contributed by atoms with Crippen molar-refractivity contribution in [3.8, 4) is 11.8 Å². The van der Waals surface area contributed by atoms with Crippen LogP contribution in [0.2, 0.25) is 0 Å². The molecule has 4 N–H and O–H groups in total. The van der Waals surface area contributed by atoms with Gasteiger partial charge in [-0.15, -0.1) is 0 Å². The molecule has 0 bridgehead atoms. The van der Waals surface area contributed by atoms with E-state index >= 15 is 0 Å². The lowest BCUT2D eigenvalue weighted by Gasteiger charge is -2.27. The summed E-state index contributed by atoms with van der Waals surface area (Å²) in [6, 6.07) is 6.26. The fraction of sp³-hybridized carbons (Fsp3) is 0.435. The average molecular weight is 438 g/mol. The first-order valence-corrected chi connectivity index (χ1v) is 11.3. The first-order chi connectivity index (χ1) is 14.9. The predicted octanol–water partition coefficient (Wildman–Crippen LogP) is 3.54. The molecular weight excluding hydrogens is 410 g/mol. The van der Waals surface area contributed by atoms with Crippen LogP contribution in [0.3, 0.4) is 0 Å². The van der Waals surface area contributed by atoms with E-state index in [1.807, 2.05) is 12.1 Å². The Morgan fingerprint density at radius 1 is 1.19 bits per heavy atom. The maximum Gasteiger partial charge on any atom is 0.184 e. The van der Waals surface area contributed by atoms with Gasteiger partial charge in [-0.3, -0.25) is 4.98 Å². The number of aromatic nitrogens is 3. The largest absolute Gasteiger partial charge is 0.391 e. The molecule has 8 heteroatoms. The summed E-state index contributed by atoms with van der Waals surface area (Å²) in [6.07, 6.45) is 6.99. The van der Waals surface area contributed by atoms with Gasteiger partial charge in [0.25, 0.3) is 0 Å². The molecule has 1 aromatic carbocycles. The van der Waals surface area contributed by atoms with E-state index in [2.05, 4.69) is 43.5 Å². The van der Waals surface area contributed by atoms with Crippen LogP contribution < -0.4 is 10.6 Å². The van der Waals surface area contributed by atoms with Crippen LogP contribution >= 0.6 is 11.3 Å². The molecule has 0 amide bonds. The highest BCUT2D eigenvalue weighted by molar-refractivity contribution is 7.22. The van der Waals surface area contributed by atoms with Crippen molar-refractivity contribution in [2.75, 3.05) is 10.6 Å². The zero-order chi connectivity index (χ0) is 21.8. The molecule has 1 saturated carbocycles. The number of nitrogens with zero attached hydrogens (tertiary/aromatic N) is 3. The van der Waals surface area contributed by atoms with Gasteiger partial charge in [0.15, 0.2) is 5.13 Å². The summed E-state index contributed by atoms with van der Waals surface area (Å²) in [5.41, 5.74) is 1.49. The number of hydrogen-bond donors (Lipinski definition) is 4. The highest BCUT2D eigenvalue weighted by atomic mass is 32.1. The molecule has 1 fully saturated rings. The number of fused-ring (bicyclic) bond motifs is 1. The molecule has 31 heavy (non-hydrogen) atoms. The molecule has 162 valence electrons. The molecule has 0 aliphatic heterocycles. The van der Waals surface area contributed by atoms with Gasteiger partial charge < -0.3 is 20.8 Å². The Balaban J connectivity index is 1.42. The van der Waals surface area contributed by atoms with Crippen LogP contribution in [0.15, 0.2) is 30.6 Å². The minimum absolute atomic E-state index is 0.0841. The summed E-state index contributed by atoms with van der Waals surface area (Å²) in [6.45, 7) is 3.85. The Hall–Kier alpha value is -2.73. The van der Waals surface area contributed by atoms with Crippen LogP contribution in [0.5, 0.6) is 0 Å². The van der Waals surface area contributed by atoms with E-state index in [9.17, 15) is 10.2 Å². The third kappa shape index (κ3) is 5.91. The van der Waals surface area contributed by atoms with E-state index in [0.717, 1.165) is 46.6 Å². The number of rotatable bonds is 5. The number of thiazole rings is 1. The first kappa shape index (κ1) is 21.5. The maximum absolute atomic E-state index is 10.2. The van der Waals surface area contributed by atoms with Crippen molar-refractivity contribution < 1.29 is 10.2 Å². The van der Waals surface area contributed by atoms with E-state index in [-0.39, 0.29) is 12.1 Å². The molecule has 0 spiro atoms. The predicted molar refractivity (Wildman–Crippen MR) is 124 cm³/mol. The Morgan fingerprint density at radius 2 is 2.03 bits per heavy atom. The third-order valence-corrected chi connectivity index (χ3v) is 6.05. The number of benzene rings is 1. The van der Waals surface area contributed by atoms with Gasteiger partial charge in [0.2, 0.25) is 0 Å². The van der Waals surface area contributed by atoms with E-state index in [4.69, 9.17) is 0 Å². The zero-order valence-electron chi connectivity index (χ0n) is 17.7. The summed E-state index contributed by atoms with van der Waals surface area (Å²) in [7, 11) is 0. The number of aliphatic hydroxyl groups is 2. The maximum atomic E-state index is 10.2. The van der Waals surface area contributed by atoms with Crippen molar-refractivity contribution >= 4 is 32.5 Å². The molecule has 2 atom stereocenters. The summed E-state index contributed by atoms with van der Waals surface area (Å²) in [4.78, 5) is 13.3. The number of nitrogens with one attached hydrogen (secondary N) is 2. The second kappa shape index (κ2) is 9.18. The summed E-state index contributed by atoms with van der Waals surface area (Å²) >= 11 is 1.61. The molecule has 2 heterocycles. The highest BCUT2D eigenvalue weighted by Gasteiger charge is 2.23. The van der Waals surface area contributed by atoms with Gasteiger partial charge in [-0.25, -0.2) is 9.97 Å². The Bertz CT molecular complexity index is 1110. The second-order valence-electron chi connectivity index (χ2n) is 8.38. The normalized spacial score (nSPS) is 19.0. The summed E-state index contributed by atoms with van der Waals surface area (Å²) in [5.74, 6) is 6.21. The van der Waals surface area contributed by atoms with E-state index in [1.54, 1.807) is 37.6 Å². The number of hydrogen-bond acceptors (Lipinski definition) is 8. The Morgan fingerprint density at radius 3 is 2.84 bits per heavy atom. The van der Waals surface area contributed by atoms with Crippen LogP contribution in [0, 0.1) is 11.8 Å². The van der Waals surface area contributed by atoms with Crippen LogP contribution in [0.4, 0.5) is 10.9 Å². The Kier molecular flexibility index (Phi) is 6.37. The average Bonchev–Trinajstić information content (AvgIpc) is 3.14. The van der Waals surface area contributed by atoms with Crippen molar-refractivity contribution in [1.29, 1.82) is 0 Å². The molecule has 7 nitrogen and oxygen atoms in total. The van der Waals surface area contributed by atoms with Crippen molar-refractivity contribution in [2.24, 2.45) is 0 Å². The molecule has 1 unspecified atom stereocenters. The van der Waals surface area contributed by atoms with E-state index in [1.165, 1.54) is 0 Å². The molecule has 1 aliphatic carbocycles. The van der Waals surface area contributed by atoms with Crippen LogP contribution in [-0.2, 0) is 6.54 Å². The minimum atomic E-state index is -1.07. The lowest BCUT2D eigenvalue weighted by molar-refractivity contribution is 0.116. The van der Waals surface area contributed by atoms with E-state index in [0.29, 0.717) is 18.1 Å². The van der Waals surface area contributed by atoms with E-state index < -0.39 is 5.60 Å². The highest BCUT2D eigenvalue weighted by Crippen LogP contribution is 2.30. The van der Waals surface area contributed by atoms with Gasteiger partial charge in [0.05, 0.1) is 34.8 Å². The fourth-order valence-corrected chi connectivity index (χ4v) is 4.49. The lowest BCUT2D eigenvalue weighted by Crippen LogP contribution is -2.36. The molecule has 1 aliphatic rings. The summed E-state index contributed by atoms with van der Waals surface area (Å²) in [5, 5.41) is 27.5. The molecule has 3 aromatic rings. The second-order valence-corrected chi connectivity index (χ2v) is 9.41. The van der Waals surface area contributed by atoms with Gasteiger partial charge in [0, 0.05) is 6.54 Å². The van der Waals surface area contributed by atoms with Gasteiger partial charge in [0.1, 0.15) is 17.1 Å². The van der Waals surface area contributed by atoms with Crippen LogP contribution in [0.25, 0.3) is 10.2 Å². The lowest BCUT2D eigenvalue weighted by atomic mass is 9.93. The quantitative estimate of drug-likeness (QED) is 0.453. The van der Waals surface area contributed by atoms with Crippen molar-refractivity contribution in [1.82, 2.24) is 15.0 Å². The number of anilines is 2. The van der Waals surface area contributed by atoms with Gasteiger partial charge in [-0.2, -0.15) is 0 Å². The standard InChI is InChI=1S/C23H27N5O2S/c1-23(2,30)10-9-16-13-24-14-21(26-16)25-12-15-7-8-18-20(11-15)31-22(28-18)27-17-5-3-4-6-19(17)29/h7-8,11,13-14,17,19,29-30H,3-6,12H2,1-2H3,(H,25,26)(H,27,28)/t17?,19-/m1/s1. The molecule has 0 radical (unpaired) electrons. The molecule has 0 saturated heterocycles. The van der Waals surface area contributed by atoms with Gasteiger partial charge in [-0.1, -0.05) is 36.2 Å². The zero-order valence-corrected chi connectivity index (χ0v) is 18.5. The van der Waals surface area contributed by atoms with Gasteiger partial charge >= 0.3 is 0 Å². The smallest absolute Gasteiger partial charge is 0.184 e. The van der Waals surface area contributed by atoms with Gasteiger partial charge in [-0.05, 0) is 50.3 Å². The molecular formula is C23H27N5O2S. The van der Waals surface area contributed by atoms with Crippen molar-refractivity contribution in [3.63, 3.8) is 0 Å². The third-order valence-electron chi connectivity index (χ3n) is 5.10.